The fourth-order valence-corrected chi connectivity index (χ4v) is 4.08. The van der Waals surface area contributed by atoms with Gasteiger partial charge in [-0.2, -0.15) is 5.10 Å². The van der Waals surface area contributed by atoms with Gasteiger partial charge in [0.2, 0.25) is 0 Å². The Labute approximate surface area is 151 Å². The molecular weight excluding hydrogens is 306 g/mol. The van der Waals surface area contributed by atoms with E-state index in [4.69, 9.17) is 0 Å². The first-order valence-corrected chi connectivity index (χ1v) is 9.18. The van der Waals surface area contributed by atoms with Crippen LogP contribution in [0.5, 0.6) is 0 Å². The van der Waals surface area contributed by atoms with E-state index >= 15 is 0 Å². The molecule has 1 N–H and O–H groups in total. The maximum absolute atomic E-state index is 4.43. The van der Waals surface area contributed by atoms with Crippen LogP contribution in [0.2, 0.25) is 0 Å². The lowest BCUT2D eigenvalue weighted by molar-refractivity contribution is 0.381. The van der Waals surface area contributed by atoms with Gasteiger partial charge in [-0.25, -0.2) is 0 Å². The van der Waals surface area contributed by atoms with Gasteiger partial charge >= 0.3 is 0 Å². The Hall–Kier alpha value is -2.29. The molecule has 1 unspecified atom stereocenters. The van der Waals surface area contributed by atoms with Crippen LogP contribution in [-0.2, 0) is 0 Å². The summed E-state index contributed by atoms with van der Waals surface area (Å²) in [7, 11) is 0. The molecule has 0 amide bonds. The van der Waals surface area contributed by atoms with Gasteiger partial charge in [-0.05, 0) is 81.0 Å². The van der Waals surface area contributed by atoms with Gasteiger partial charge in [0.25, 0.3) is 0 Å². The summed E-state index contributed by atoms with van der Waals surface area (Å²) in [6.45, 7) is 12.5. The number of nitrogens with zero attached hydrogens (tertiary/aromatic N) is 2. The fourth-order valence-electron chi connectivity index (χ4n) is 4.08. The summed E-state index contributed by atoms with van der Waals surface area (Å²) < 4.78 is 0. The Morgan fingerprint density at radius 1 is 1.24 bits per heavy atom. The van der Waals surface area contributed by atoms with Crippen molar-refractivity contribution in [3.63, 3.8) is 0 Å². The Morgan fingerprint density at radius 3 is 2.64 bits per heavy atom. The van der Waals surface area contributed by atoms with Crippen LogP contribution in [0.4, 0.5) is 11.4 Å². The van der Waals surface area contributed by atoms with Crippen molar-refractivity contribution in [1.29, 1.82) is 0 Å². The molecule has 0 saturated carbocycles. The topological polar surface area (TPSA) is 27.6 Å². The molecule has 25 heavy (non-hydrogen) atoms. The largest absolute Gasteiger partial charge is 0.366 e. The third-order valence-corrected chi connectivity index (χ3v) is 5.26. The van der Waals surface area contributed by atoms with Crippen molar-refractivity contribution >= 4 is 17.6 Å². The third kappa shape index (κ3) is 3.55. The number of para-hydroxylation sites is 1. The van der Waals surface area contributed by atoms with Crippen LogP contribution in [0.25, 0.3) is 0 Å². The summed E-state index contributed by atoms with van der Waals surface area (Å²) in [5.74, 6) is 0.558. The number of hydrogen-bond donors (Lipinski definition) is 1. The van der Waals surface area contributed by atoms with E-state index in [1.54, 1.807) is 0 Å². The number of hydrogen-bond acceptors (Lipinski definition) is 3. The van der Waals surface area contributed by atoms with Gasteiger partial charge in [-0.3, -0.25) is 5.43 Å². The molecule has 0 radical (unpaired) electrons. The molecule has 0 bridgehead atoms. The monoisotopic (exact) mass is 335 g/mol. The van der Waals surface area contributed by atoms with Crippen LogP contribution >= 0.6 is 0 Å². The number of benzene rings is 2. The van der Waals surface area contributed by atoms with E-state index in [0.717, 1.165) is 12.2 Å². The maximum atomic E-state index is 4.43. The SMILES string of the molecule is CCN1c2cc(C)c(/C=N\Nc3ccccc3)cc2C(C)CC1(C)C. The Kier molecular flexibility index (Phi) is 4.85. The molecule has 0 fully saturated rings. The molecule has 3 nitrogen and oxygen atoms in total. The van der Waals surface area contributed by atoms with E-state index in [1.165, 1.54) is 28.8 Å². The van der Waals surface area contributed by atoms with Crippen molar-refractivity contribution in [3.8, 4) is 0 Å². The second-order valence-electron chi connectivity index (χ2n) is 7.67. The van der Waals surface area contributed by atoms with Crippen molar-refractivity contribution in [2.45, 2.75) is 52.5 Å². The molecule has 0 saturated heterocycles. The highest BCUT2D eigenvalue weighted by molar-refractivity contribution is 5.84. The molecule has 1 aliphatic rings. The average molecular weight is 335 g/mol. The number of aryl methyl sites for hydroxylation is 1. The molecule has 1 heterocycles. The van der Waals surface area contributed by atoms with E-state index in [0.29, 0.717) is 5.92 Å². The molecule has 1 aliphatic heterocycles. The summed E-state index contributed by atoms with van der Waals surface area (Å²) in [5, 5.41) is 4.43. The summed E-state index contributed by atoms with van der Waals surface area (Å²) >= 11 is 0. The molecule has 2 aromatic carbocycles. The summed E-state index contributed by atoms with van der Waals surface area (Å²) in [5.41, 5.74) is 9.59. The zero-order valence-corrected chi connectivity index (χ0v) is 16.0. The van der Waals surface area contributed by atoms with Crippen LogP contribution in [0, 0.1) is 6.92 Å². The molecule has 0 aromatic heterocycles. The molecule has 1 atom stereocenters. The van der Waals surface area contributed by atoms with Crippen LogP contribution in [0.15, 0.2) is 47.6 Å². The molecule has 3 heteroatoms. The minimum atomic E-state index is 0.206. The first-order chi connectivity index (χ1) is 11.9. The third-order valence-electron chi connectivity index (χ3n) is 5.26. The minimum absolute atomic E-state index is 0.206. The van der Waals surface area contributed by atoms with E-state index in [1.807, 2.05) is 36.5 Å². The lowest BCUT2D eigenvalue weighted by Gasteiger charge is -2.47. The fraction of sp³-hybridized carbons (Fsp3) is 0.409. The quantitative estimate of drug-likeness (QED) is 0.585. The Balaban J connectivity index is 1.90. The summed E-state index contributed by atoms with van der Waals surface area (Å²) in [6.07, 6.45) is 3.11. The molecular formula is C22H29N3. The standard InChI is InChI=1S/C22H29N3/c1-6-25-21-12-16(2)18(13-20(21)17(3)14-22(25,4)5)15-23-24-19-10-8-7-9-11-19/h7-13,15,17,24H,6,14H2,1-5H3/b23-15-. The Bertz CT molecular complexity index is 762. The number of hydrazone groups is 1. The summed E-state index contributed by atoms with van der Waals surface area (Å²) in [4.78, 5) is 2.54. The van der Waals surface area contributed by atoms with Crippen molar-refractivity contribution in [1.82, 2.24) is 0 Å². The van der Waals surface area contributed by atoms with E-state index < -0.39 is 0 Å². The molecule has 132 valence electrons. The van der Waals surface area contributed by atoms with Crippen molar-refractivity contribution in [2.75, 3.05) is 16.9 Å². The molecule has 3 rings (SSSR count). The second-order valence-corrected chi connectivity index (χ2v) is 7.67. The van der Waals surface area contributed by atoms with Crippen molar-refractivity contribution in [2.24, 2.45) is 5.10 Å². The van der Waals surface area contributed by atoms with Gasteiger partial charge in [0.15, 0.2) is 0 Å². The zero-order chi connectivity index (χ0) is 18.0. The number of fused-ring (bicyclic) bond motifs is 1. The first kappa shape index (κ1) is 17.5. The first-order valence-electron chi connectivity index (χ1n) is 9.18. The maximum Gasteiger partial charge on any atom is 0.0561 e. The highest BCUT2D eigenvalue weighted by atomic mass is 15.3. The lowest BCUT2D eigenvalue weighted by atomic mass is 9.79. The van der Waals surface area contributed by atoms with Crippen molar-refractivity contribution in [3.05, 3.63) is 59.2 Å². The van der Waals surface area contributed by atoms with Crippen LogP contribution in [0.3, 0.4) is 0 Å². The van der Waals surface area contributed by atoms with Gasteiger partial charge in [0.1, 0.15) is 0 Å². The lowest BCUT2D eigenvalue weighted by Crippen LogP contribution is -2.48. The van der Waals surface area contributed by atoms with E-state index in [-0.39, 0.29) is 5.54 Å². The van der Waals surface area contributed by atoms with E-state index in [2.05, 4.69) is 62.2 Å². The van der Waals surface area contributed by atoms with Gasteiger partial charge in [-0.15, -0.1) is 0 Å². The average Bonchev–Trinajstić information content (AvgIpc) is 2.56. The van der Waals surface area contributed by atoms with Gasteiger partial charge in [0.05, 0.1) is 11.9 Å². The highest BCUT2D eigenvalue weighted by Gasteiger charge is 2.35. The smallest absolute Gasteiger partial charge is 0.0561 e. The predicted molar refractivity (Wildman–Crippen MR) is 109 cm³/mol. The normalized spacial score (nSPS) is 19.1. The number of rotatable bonds is 4. The van der Waals surface area contributed by atoms with Crippen LogP contribution < -0.4 is 10.3 Å². The van der Waals surface area contributed by atoms with Crippen LogP contribution in [0.1, 0.15) is 56.7 Å². The molecule has 0 aliphatic carbocycles. The molecule has 0 spiro atoms. The van der Waals surface area contributed by atoms with Crippen molar-refractivity contribution < 1.29 is 0 Å². The van der Waals surface area contributed by atoms with Gasteiger partial charge < -0.3 is 4.90 Å². The zero-order valence-electron chi connectivity index (χ0n) is 16.0. The molecule has 2 aromatic rings. The van der Waals surface area contributed by atoms with Gasteiger partial charge in [-0.1, -0.05) is 25.1 Å². The second kappa shape index (κ2) is 6.91. The summed E-state index contributed by atoms with van der Waals surface area (Å²) in [6, 6.07) is 14.7. The predicted octanol–water partition coefficient (Wildman–Crippen LogP) is 5.55. The van der Waals surface area contributed by atoms with Gasteiger partial charge in [0, 0.05) is 17.8 Å². The highest BCUT2D eigenvalue weighted by Crippen LogP contribution is 2.43. The Morgan fingerprint density at radius 2 is 1.96 bits per heavy atom. The van der Waals surface area contributed by atoms with Crippen LogP contribution in [-0.4, -0.2) is 18.3 Å². The minimum Gasteiger partial charge on any atom is -0.366 e. The van der Waals surface area contributed by atoms with E-state index in [9.17, 15) is 0 Å². The number of nitrogens with one attached hydrogen (secondary N) is 1. The number of anilines is 2.